The van der Waals surface area contributed by atoms with Gasteiger partial charge in [0.1, 0.15) is 0 Å². The van der Waals surface area contributed by atoms with Crippen LogP contribution in [-0.4, -0.2) is 32.6 Å². The van der Waals surface area contributed by atoms with Crippen LogP contribution >= 0.6 is 15.9 Å². The van der Waals surface area contributed by atoms with Crippen LogP contribution in [-0.2, 0) is 6.54 Å². The molecule has 0 aliphatic rings. The Balaban J connectivity index is 1.88. The molecular weight excluding hydrogens is 312 g/mol. The van der Waals surface area contributed by atoms with Gasteiger partial charge in [0.05, 0.1) is 12.7 Å². The van der Waals surface area contributed by atoms with E-state index in [1.165, 1.54) is 10.9 Å². The van der Waals surface area contributed by atoms with Gasteiger partial charge in [-0.3, -0.25) is 0 Å². The molecule has 19 heavy (non-hydrogen) atoms. The molecule has 2 N–H and O–H groups in total. The van der Waals surface area contributed by atoms with Crippen LogP contribution < -0.4 is 5.32 Å². The summed E-state index contributed by atoms with van der Waals surface area (Å²) >= 11 is 3.44. The first-order valence-electron chi connectivity index (χ1n) is 5.70. The number of aromatic nitrogens is 3. The van der Waals surface area contributed by atoms with E-state index in [1.807, 2.05) is 25.1 Å². The van der Waals surface area contributed by atoms with Gasteiger partial charge in [0.25, 0.3) is 0 Å². The van der Waals surface area contributed by atoms with E-state index in [2.05, 4.69) is 31.6 Å². The molecule has 100 valence electrons. The number of aryl methyl sites for hydroxylation is 1. The number of aromatic carboxylic acids is 1. The zero-order valence-electron chi connectivity index (χ0n) is 10.3. The summed E-state index contributed by atoms with van der Waals surface area (Å²) in [5.41, 5.74) is 2.12. The lowest BCUT2D eigenvalue weighted by molar-refractivity contribution is 0.0690. The van der Waals surface area contributed by atoms with Crippen LogP contribution in [0.15, 0.2) is 28.9 Å². The molecule has 2 aromatic rings. The molecule has 1 heterocycles. The highest BCUT2D eigenvalue weighted by molar-refractivity contribution is 9.10. The molecule has 7 heteroatoms. The Morgan fingerprint density at radius 2 is 2.32 bits per heavy atom. The molecular formula is C12H13BrN4O2. The minimum absolute atomic E-state index is 0.0421. The van der Waals surface area contributed by atoms with Gasteiger partial charge in [-0.2, -0.15) is 0 Å². The van der Waals surface area contributed by atoms with E-state index in [1.54, 1.807) is 0 Å². The first-order valence-corrected chi connectivity index (χ1v) is 6.49. The summed E-state index contributed by atoms with van der Waals surface area (Å²) in [4.78, 5) is 10.6. The maximum atomic E-state index is 10.6. The highest BCUT2D eigenvalue weighted by atomic mass is 79.9. The van der Waals surface area contributed by atoms with Crippen molar-refractivity contribution in [1.29, 1.82) is 0 Å². The second-order valence-corrected chi connectivity index (χ2v) is 4.92. The van der Waals surface area contributed by atoms with E-state index in [-0.39, 0.29) is 5.69 Å². The standard InChI is InChI=1S/C12H13BrN4O2/c1-8-6-9(2-3-10(8)13)14-4-5-17-7-11(12(18)19)15-16-17/h2-3,6-7,14H,4-5H2,1H3,(H,18,19). The van der Waals surface area contributed by atoms with E-state index in [9.17, 15) is 4.79 Å². The zero-order valence-corrected chi connectivity index (χ0v) is 11.9. The molecule has 0 atom stereocenters. The summed E-state index contributed by atoms with van der Waals surface area (Å²) < 4.78 is 2.57. The molecule has 0 bridgehead atoms. The minimum atomic E-state index is -1.07. The van der Waals surface area contributed by atoms with Gasteiger partial charge in [-0.15, -0.1) is 5.10 Å². The summed E-state index contributed by atoms with van der Waals surface area (Å²) in [5, 5.41) is 19.3. The van der Waals surface area contributed by atoms with Gasteiger partial charge in [-0.1, -0.05) is 21.1 Å². The van der Waals surface area contributed by atoms with Crippen LogP contribution in [0.1, 0.15) is 16.1 Å². The Morgan fingerprint density at radius 1 is 1.53 bits per heavy atom. The molecule has 1 aromatic heterocycles. The molecule has 0 unspecified atom stereocenters. The first-order chi connectivity index (χ1) is 9.06. The largest absolute Gasteiger partial charge is 0.476 e. The predicted molar refractivity (Wildman–Crippen MR) is 74.4 cm³/mol. The summed E-state index contributed by atoms with van der Waals surface area (Å²) in [6.45, 7) is 3.21. The van der Waals surface area contributed by atoms with Crippen molar-refractivity contribution in [1.82, 2.24) is 15.0 Å². The Morgan fingerprint density at radius 3 is 2.95 bits per heavy atom. The molecule has 0 aliphatic heterocycles. The first kappa shape index (κ1) is 13.5. The predicted octanol–water partition coefficient (Wildman–Crippen LogP) is 2.16. The van der Waals surface area contributed by atoms with E-state index in [0.29, 0.717) is 13.1 Å². The lowest BCUT2D eigenvalue weighted by atomic mass is 10.2. The minimum Gasteiger partial charge on any atom is -0.476 e. The van der Waals surface area contributed by atoms with Crippen molar-refractivity contribution in [2.45, 2.75) is 13.5 Å². The van der Waals surface area contributed by atoms with Gasteiger partial charge < -0.3 is 10.4 Å². The average molecular weight is 325 g/mol. The number of carbonyl (C=O) groups is 1. The van der Waals surface area contributed by atoms with E-state index < -0.39 is 5.97 Å². The number of rotatable bonds is 5. The molecule has 6 nitrogen and oxygen atoms in total. The van der Waals surface area contributed by atoms with Gasteiger partial charge in [0, 0.05) is 16.7 Å². The van der Waals surface area contributed by atoms with Gasteiger partial charge >= 0.3 is 5.97 Å². The van der Waals surface area contributed by atoms with E-state index in [0.717, 1.165) is 15.7 Å². The van der Waals surface area contributed by atoms with Crippen LogP contribution in [0.25, 0.3) is 0 Å². The number of hydrogen-bond acceptors (Lipinski definition) is 4. The topological polar surface area (TPSA) is 80.0 Å². The second-order valence-electron chi connectivity index (χ2n) is 4.06. The van der Waals surface area contributed by atoms with Crippen LogP contribution in [0.3, 0.4) is 0 Å². The number of halogens is 1. The van der Waals surface area contributed by atoms with Gasteiger partial charge in [0.2, 0.25) is 0 Å². The smallest absolute Gasteiger partial charge is 0.358 e. The van der Waals surface area contributed by atoms with E-state index in [4.69, 9.17) is 5.11 Å². The molecule has 1 aromatic carbocycles. The lowest BCUT2D eigenvalue weighted by Crippen LogP contribution is -2.11. The van der Waals surface area contributed by atoms with Gasteiger partial charge in [0.15, 0.2) is 5.69 Å². The summed E-state index contributed by atoms with van der Waals surface area (Å²) in [5.74, 6) is -1.07. The number of benzene rings is 1. The quantitative estimate of drug-likeness (QED) is 0.881. The Bertz CT molecular complexity index is 597. The fourth-order valence-corrected chi connectivity index (χ4v) is 1.82. The van der Waals surface area contributed by atoms with Crippen molar-refractivity contribution < 1.29 is 9.90 Å². The molecule has 0 fully saturated rings. The monoisotopic (exact) mass is 324 g/mol. The third-order valence-corrected chi connectivity index (χ3v) is 3.48. The van der Waals surface area contributed by atoms with Crippen molar-refractivity contribution >= 4 is 27.6 Å². The zero-order chi connectivity index (χ0) is 13.8. The molecule has 2 rings (SSSR count). The molecule has 0 spiro atoms. The number of hydrogen-bond donors (Lipinski definition) is 2. The van der Waals surface area contributed by atoms with Crippen molar-refractivity contribution in [3.05, 3.63) is 40.1 Å². The van der Waals surface area contributed by atoms with E-state index >= 15 is 0 Å². The highest BCUT2D eigenvalue weighted by Crippen LogP contribution is 2.19. The summed E-state index contributed by atoms with van der Waals surface area (Å²) in [6, 6.07) is 5.99. The van der Waals surface area contributed by atoms with Crippen molar-refractivity contribution in [2.75, 3.05) is 11.9 Å². The number of carboxylic acid groups (broad SMARTS) is 1. The fourth-order valence-electron chi connectivity index (χ4n) is 1.58. The number of anilines is 1. The maximum Gasteiger partial charge on any atom is 0.358 e. The molecule has 0 aliphatic carbocycles. The summed E-state index contributed by atoms with van der Waals surface area (Å²) in [7, 11) is 0. The number of carboxylic acids is 1. The van der Waals surface area contributed by atoms with Crippen LogP contribution in [0, 0.1) is 6.92 Å². The third kappa shape index (κ3) is 3.54. The Kier molecular flexibility index (Phi) is 4.16. The number of nitrogens with zero attached hydrogens (tertiary/aromatic N) is 3. The lowest BCUT2D eigenvalue weighted by Gasteiger charge is -2.07. The maximum absolute atomic E-state index is 10.6. The van der Waals surface area contributed by atoms with Crippen LogP contribution in [0.4, 0.5) is 5.69 Å². The third-order valence-electron chi connectivity index (χ3n) is 2.59. The molecule has 0 radical (unpaired) electrons. The van der Waals surface area contributed by atoms with Crippen LogP contribution in [0.5, 0.6) is 0 Å². The molecule has 0 saturated heterocycles. The fraction of sp³-hybridized carbons (Fsp3) is 0.250. The summed E-state index contributed by atoms with van der Waals surface area (Å²) in [6.07, 6.45) is 1.41. The second kappa shape index (κ2) is 5.83. The Hall–Kier alpha value is -1.89. The molecule has 0 amide bonds. The SMILES string of the molecule is Cc1cc(NCCn2cc(C(=O)O)nn2)ccc1Br. The highest BCUT2D eigenvalue weighted by Gasteiger charge is 2.07. The van der Waals surface area contributed by atoms with Crippen molar-refractivity contribution in [2.24, 2.45) is 0 Å². The van der Waals surface area contributed by atoms with Gasteiger partial charge in [-0.05, 0) is 30.7 Å². The normalized spacial score (nSPS) is 10.4. The molecule has 0 saturated carbocycles. The number of nitrogens with one attached hydrogen (secondary N) is 1. The Labute approximate surface area is 118 Å². The van der Waals surface area contributed by atoms with Crippen molar-refractivity contribution in [3.8, 4) is 0 Å². The van der Waals surface area contributed by atoms with Gasteiger partial charge in [-0.25, -0.2) is 9.48 Å². The van der Waals surface area contributed by atoms with Crippen molar-refractivity contribution in [3.63, 3.8) is 0 Å². The van der Waals surface area contributed by atoms with Crippen LogP contribution in [0.2, 0.25) is 0 Å². The average Bonchev–Trinajstić information content (AvgIpc) is 2.83.